The van der Waals surface area contributed by atoms with Crippen LogP contribution >= 0.6 is 0 Å². The summed E-state index contributed by atoms with van der Waals surface area (Å²) < 4.78 is 0. The Kier molecular flexibility index (Phi) is 3.73. The third-order valence-corrected chi connectivity index (χ3v) is 3.53. The molecule has 0 saturated heterocycles. The number of H-pyrrole nitrogens is 1. The Morgan fingerprint density at radius 1 is 1.14 bits per heavy atom. The Bertz CT molecular complexity index is 814. The van der Waals surface area contributed by atoms with Crippen molar-refractivity contribution in [3.8, 4) is 0 Å². The van der Waals surface area contributed by atoms with Crippen molar-refractivity contribution in [1.29, 1.82) is 0 Å². The summed E-state index contributed by atoms with van der Waals surface area (Å²) in [6.07, 6.45) is 5.01. The van der Waals surface area contributed by atoms with Crippen LogP contribution in [0.4, 0.5) is 0 Å². The molecular weight excluding hydrogens is 260 g/mol. The van der Waals surface area contributed by atoms with Crippen LogP contribution in [0.3, 0.4) is 0 Å². The van der Waals surface area contributed by atoms with Crippen molar-refractivity contribution in [2.75, 3.05) is 6.54 Å². The number of para-hydroxylation sites is 1. The van der Waals surface area contributed by atoms with Gasteiger partial charge >= 0.3 is 0 Å². The monoisotopic (exact) mass is 278 g/mol. The first kappa shape index (κ1) is 13.4. The van der Waals surface area contributed by atoms with Gasteiger partial charge in [-0.2, -0.15) is 0 Å². The van der Waals surface area contributed by atoms with Crippen molar-refractivity contribution in [3.63, 3.8) is 0 Å². The van der Waals surface area contributed by atoms with E-state index in [1.165, 1.54) is 23.2 Å². The maximum atomic E-state index is 10.8. The molecule has 2 aromatic carbocycles. The maximum Gasteiger partial charge on any atom is 0.216 e. The number of aromatic nitrogens is 1. The average Bonchev–Trinajstić information content (AvgIpc) is 2.84. The summed E-state index contributed by atoms with van der Waals surface area (Å²) in [6.45, 7) is 2.22. The molecule has 0 atom stereocenters. The Morgan fingerprint density at radius 2 is 1.95 bits per heavy atom. The summed E-state index contributed by atoms with van der Waals surface area (Å²) >= 11 is 0. The van der Waals surface area contributed by atoms with Gasteiger partial charge in [-0.15, -0.1) is 0 Å². The standard InChI is InChI=1S/C18H18N2O/c1-13(21)19-11-5-4-6-14-9-10-16-15-7-2-3-8-17(15)20-18(16)12-14/h2-4,6-10,12,20H,5,11H2,1H3,(H,19,21). The summed E-state index contributed by atoms with van der Waals surface area (Å²) in [5.41, 5.74) is 3.48. The first-order valence-electron chi connectivity index (χ1n) is 7.15. The van der Waals surface area contributed by atoms with Gasteiger partial charge in [-0.25, -0.2) is 0 Å². The van der Waals surface area contributed by atoms with Crippen molar-refractivity contribution in [3.05, 3.63) is 54.1 Å². The molecule has 1 amide bonds. The number of carbonyl (C=O) groups excluding carboxylic acids is 1. The summed E-state index contributed by atoms with van der Waals surface area (Å²) in [5, 5.41) is 5.29. The van der Waals surface area contributed by atoms with Gasteiger partial charge in [-0.1, -0.05) is 42.5 Å². The zero-order valence-electron chi connectivity index (χ0n) is 12.0. The molecule has 3 nitrogen and oxygen atoms in total. The fourth-order valence-corrected chi connectivity index (χ4v) is 2.53. The molecule has 0 fully saturated rings. The van der Waals surface area contributed by atoms with E-state index in [-0.39, 0.29) is 5.91 Å². The van der Waals surface area contributed by atoms with Crippen LogP contribution in [0.15, 0.2) is 48.5 Å². The molecule has 0 aliphatic rings. The Balaban J connectivity index is 1.79. The van der Waals surface area contributed by atoms with E-state index in [9.17, 15) is 4.79 Å². The molecule has 3 heteroatoms. The Hall–Kier alpha value is -2.55. The largest absolute Gasteiger partial charge is 0.356 e. The van der Waals surface area contributed by atoms with Crippen LogP contribution in [-0.2, 0) is 4.79 Å². The lowest BCUT2D eigenvalue weighted by Gasteiger charge is -1.98. The molecule has 0 bridgehead atoms. The van der Waals surface area contributed by atoms with Crippen LogP contribution in [0, 0.1) is 0 Å². The fraction of sp³-hybridized carbons (Fsp3) is 0.167. The molecule has 1 heterocycles. The van der Waals surface area contributed by atoms with Gasteiger partial charge < -0.3 is 10.3 Å². The van der Waals surface area contributed by atoms with E-state index >= 15 is 0 Å². The number of hydrogen-bond donors (Lipinski definition) is 2. The number of amides is 1. The molecule has 0 unspecified atom stereocenters. The minimum absolute atomic E-state index is 0.0166. The minimum Gasteiger partial charge on any atom is -0.356 e. The van der Waals surface area contributed by atoms with E-state index in [0.717, 1.165) is 17.5 Å². The second kappa shape index (κ2) is 5.83. The molecule has 2 N–H and O–H groups in total. The topological polar surface area (TPSA) is 44.9 Å². The quantitative estimate of drug-likeness (QED) is 0.699. The van der Waals surface area contributed by atoms with E-state index in [1.54, 1.807) is 0 Å². The average molecular weight is 278 g/mol. The van der Waals surface area contributed by atoms with Crippen molar-refractivity contribution in [1.82, 2.24) is 10.3 Å². The first-order chi connectivity index (χ1) is 10.2. The van der Waals surface area contributed by atoms with Crippen molar-refractivity contribution >= 4 is 33.8 Å². The van der Waals surface area contributed by atoms with Gasteiger partial charge in [-0.05, 0) is 24.1 Å². The highest BCUT2D eigenvalue weighted by atomic mass is 16.1. The molecule has 106 valence electrons. The van der Waals surface area contributed by atoms with Crippen LogP contribution < -0.4 is 5.32 Å². The number of carbonyl (C=O) groups is 1. The Labute approximate surface area is 123 Å². The molecule has 0 saturated carbocycles. The third-order valence-electron chi connectivity index (χ3n) is 3.53. The van der Waals surface area contributed by atoms with Crippen LogP contribution in [-0.4, -0.2) is 17.4 Å². The van der Waals surface area contributed by atoms with E-state index in [2.05, 4.69) is 58.9 Å². The number of aromatic amines is 1. The molecule has 3 rings (SSSR count). The predicted molar refractivity (Wildman–Crippen MR) is 88.1 cm³/mol. The number of fused-ring (bicyclic) bond motifs is 3. The highest BCUT2D eigenvalue weighted by molar-refractivity contribution is 6.07. The lowest BCUT2D eigenvalue weighted by molar-refractivity contribution is -0.118. The molecule has 21 heavy (non-hydrogen) atoms. The molecule has 0 spiro atoms. The van der Waals surface area contributed by atoms with Gasteiger partial charge in [-0.3, -0.25) is 4.79 Å². The van der Waals surface area contributed by atoms with Gasteiger partial charge in [0.1, 0.15) is 0 Å². The zero-order chi connectivity index (χ0) is 14.7. The second-order valence-corrected chi connectivity index (χ2v) is 5.15. The molecule has 0 aliphatic heterocycles. The zero-order valence-corrected chi connectivity index (χ0v) is 12.0. The predicted octanol–water partition coefficient (Wildman–Crippen LogP) is 3.86. The fourth-order valence-electron chi connectivity index (χ4n) is 2.53. The van der Waals surface area contributed by atoms with E-state index < -0.39 is 0 Å². The van der Waals surface area contributed by atoms with Crippen LogP contribution in [0.2, 0.25) is 0 Å². The molecule has 3 aromatic rings. The SMILES string of the molecule is CC(=O)NCCC=Cc1ccc2c(c1)[nH]c1ccccc12. The highest BCUT2D eigenvalue weighted by Crippen LogP contribution is 2.26. The number of hydrogen-bond acceptors (Lipinski definition) is 1. The van der Waals surface area contributed by atoms with Gasteiger partial charge in [0.15, 0.2) is 0 Å². The number of nitrogens with one attached hydrogen (secondary N) is 2. The summed E-state index contributed by atoms with van der Waals surface area (Å²) in [7, 11) is 0. The normalized spacial score (nSPS) is 11.5. The lowest BCUT2D eigenvalue weighted by Crippen LogP contribution is -2.20. The smallest absolute Gasteiger partial charge is 0.216 e. The van der Waals surface area contributed by atoms with Crippen molar-refractivity contribution < 1.29 is 4.79 Å². The molecular formula is C18H18N2O. The lowest BCUT2D eigenvalue weighted by atomic mass is 10.1. The van der Waals surface area contributed by atoms with Gasteiger partial charge in [0.05, 0.1) is 0 Å². The van der Waals surface area contributed by atoms with Crippen molar-refractivity contribution in [2.24, 2.45) is 0 Å². The van der Waals surface area contributed by atoms with Gasteiger partial charge in [0.2, 0.25) is 5.91 Å². The van der Waals surface area contributed by atoms with Crippen LogP contribution in [0.25, 0.3) is 27.9 Å². The van der Waals surface area contributed by atoms with E-state index in [4.69, 9.17) is 0 Å². The Morgan fingerprint density at radius 3 is 2.81 bits per heavy atom. The second-order valence-electron chi connectivity index (χ2n) is 5.15. The molecule has 0 aliphatic carbocycles. The van der Waals surface area contributed by atoms with Crippen molar-refractivity contribution in [2.45, 2.75) is 13.3 Å². The third kappa shape index (κ3) is 2.97. The highest BCUT2D eigenvalue weighted by Gasteiger charge is 2.02. The molecule has 1 aromatic heterocycles. The van der Waals surface area contributed by atoms with E-state index in [0.29, 0.717) is 6.54 Å². The summed E-state index contributed by atoms with van der Waals surface area (Å²) in [6, 6.07) is 14.8. The van der Waals surface area contributed by atoms with Crippen LogP contribution in [0.5, 0.6) is 0 Å². The van der Waals surface area contributed by atoms with Crippen LogP contribution in [0.1, 0.15) is 18.9 Å². The van der Waals surface area contributed by atoms with Gasteiger partial charge in [0, 0.05) is 35.3 Å². The number of rotatable bonds is 4. The maximum absolute atomic E-state index is 10.8. The summed E-state index contributed by atoms with van der Waals surface area (Å²) in [4.78, 5) is 14.2. The van der Waals surface area contributed by atoms with Gasteiger partial charge in [0.25, 0.3) is 0 Å². The first-order valence-corrected chi connectivity index (χ1v) is 7.15. The number of benzene rings is 2. The van der Waals surface area contributed by atoms with E-state index in [1.807, 2.05) is 6.07 Å². The minimum atomic E-state index is 0.0166. The molecule has 0 radical (unpaired) electrons. The summed E-state index contributed by atoms with van der Waals surface area (Å²) in [5.74, 6) is 0.0166.